The number of hydrogen-bond donors (Lipinski definition) is 0. The zero-order valence-electron chi connectivity index (χ0n) is 12.9. The first-order chi connectivity index (χ1) is 10.7. The molecule has 1 amide bonds. The van der Waals surface area contributed by atoms with Crippen LogP contribution in [0.3, 0.4) is 0 Å². The molecular formula is C16H20N4O2. The van der Waals surface area contributed by atoms with Gasteiger partial charge in [0.1, 0.15) is 0 Å². The van der Waals surface area contributed by atoms with Gasteiger partial charge in [-0.2, -0.15) is 5.10 Å². The highest BCUT2D eigenvalue weighted by Gasteiger charge is 2.27. The van der Waals surface area contributed by atoms with Crippen molar-refractivity contribution in [2.75, 3.05) is 31.1 Å². The number of hydrogen-bond acceptors (Lipinski definition) is 5. The summed E-state index contributed by atoms with van der Waals surface area (Å²) in [5, 5.41) is 8.01. The molecule has 2 aromatic heterocycles. The van der Waals surface area contributed by atoms with Gasteiger partial charge in [0, 0.05) is 37.9 Å². The first kappa shape index (κ1) is 14.6. The highest BCUT2D eigenvalue weighted by atomic mass is 16.3. The molecule has 3 heterocycles. The molecule has 22 heavy (non-hydrogen) atoms. The Balaban J connectivity index is 1.66. The molecule has 0 saturated carbocycles. The maximum atomic E-state index is 12.6. The van der Waals surface area contributed by atoms with Crippen molar-refractivity contribution < 1.29 is 9.21 Å². The van der Waals surface area contributed by atoms with Crippen molar-refractivity contribution in [2.45, 2.75) is 19.8 Å². The molecule has 0 spiro atoms. The summed E-state index contributed by atoms with van der Waals surface area (Å²) in [6.07, 6.45) is 3.26. The van der Waals surface area contributed by atoms with Crippen LogP contribution in [0.15, 0.2) is 35.1 Å². The van der Waals surface area contributed by atoms with E-state index in [0.717, 1.165) is 24.5 Å². The van der Waals surface area contributed by atoms with E-state index in [9.17, 15) is 4.79 Å². The van der Waals surface area contributed by atoms with Gasteiger partial charge >= 0.3 is 0 Å². The van der Waals surface area contributed by atoms with Gasteiger partial charge in [-0.3, -0.25) is 4.79 Å². The molecule has 0 radical (unpaired) electrons. The van der Waals surface area contributed by atoms with Gasteiger partial charge < -0.3 is 14.2 Å². The summed E-state index contributed by atoms with van der Waals surface area (Å²) < 4.78 is 5.43. The van der Waals surface area contributed by atoms with Crippen LogP contribution < -0.4 is 4.90 Å². The Bertz CT molecular complexity index is 631. The molecule has 0 aromatic carbocycles. The summed E-state index contributed by atoms with van der Waals surface area (Å²) >= 11 is 0. The Morgan fingerprint density at radius 3 is 2.64 bits per heavy atom. The van der Waals surface area contributed by atoms with Crippen LogP contribution in [-0.2, 0) is 0 Å². The summed E-state index contributed by atoms with van der Waals surface area (Å²) in [5.41, 5.74) is 0.973. The van der Waals surface area contributed by atoms with Gasteiger partial charge in [-0.25, -0.2) is 0 Å². The minimum atomic E-state index is -0.0208. The topological polar surface area (TPSA) is 62.5 Å². The van der Waals surface area contributed by atoms with Crippen LogP contribution in [0.1, 0.15) is 35.9 Å². The molecule has 1 aliphatic rings. The number of furan rings is 1. The highest BCUT2D eigenvalue weighted by molar-refractivity contribution is 5.93. The van der Waals surface area contributed by atoms with E-state index in [1.807, 2.05) is 23.1 Å². The zero-order valence-corrected chi connectivity index (χ0v) is 12.9. The van der Waals surface area contributed by atoms with Crippen molar-refractivity contribution >= 4 is 11.7 Å². The number of carbonyl (C=O) groups is 1. The molecule has 0 atom stereocenters. The third-order valence-electron chi connectivity index (χ3n) is 3.96. The second kappa shape index (κ2) is 6.17. The number of anilines is 1. The average molecular weight is 300 g/mol. The van der Waals surface area contributed by atoms with E-state index in [1.165, 1.54) is 0 Å². The maximum Gasteiger partial charge on any atom is 0.289 e. The van der Waals surface area contributed by atoms with Gasteiger partial charge in [0.15, 0.2) is 11.6 Å². The Morgan fingerprint density at radius 2 is 2.00 bits per heavy atom. The van der Waals surface area contributed by atoms with Crippen molar-refractivity contribution in [3.63, 3.8) is 0 Å². The molecule has 1 saturated heterocycles. The lowest BCUT2D eigenvalue weighted by molar-refractivity contribution is 0.0712. The number of rotatable bonds is 3. The van der Waals surface area contributed by atoms with Crippen LogP contribution in [0.5, 0.6) is 0 Å². The molecule has 0 unspecified atom stereocenters. The molecule has 0 bridgehead atoms. The smallest absolute Gasteiger partial charge is 0.289 e. The zero-order chi connectivity index (χ0) is 15.5. The Kier molecular flexibility index (Phi) is 4.09. The van der Waals surface area contributed by atoms with Crippen molar-refractivity contribution in [3.8, 4) is 0 Å². The highest BCUT2D eigenvalue weighted by Crippen LogP contribution is 2.23. The Labute approximate surface area is 129 Å². The monoisotopic (exact) mass is 300 g/mol. The third-order valence-corrected chi connectivity index (χ3v) is 3.96. The largest absolute Gasteiger partial charge is 0.459 e. The minimum absolute atomic E-state index is 0.0208. The van der Waals surface area contributed by atoms with Crippen LogP contribution in [0.2, 0.25) is 0 Å². The third kappa shape index (κ3) is 2.81. The van der Waals surface area contributed by atoms with Crippen LogP contribution in [0.25, 0.3) is 0 Å². The second-order valence-electron chi connectivity index (χ2n) is 5.72. The summed E-state index contributed by atoms with van der Waals surface area (Å²) in [6, 6.07) is 5.69. The van der Waals surface area contributed by atoms with E-state index >= 15 is 0 Å². The predicted octanol–water partition coefficient (Wildman–Crippen LogP) is 2.16. The van der Waals surface area contributed by atoms with Crippen LogP contribution in [-0.4, -0.2) is 47.2 Å². The predicted molar refractivity (Wildman–Crippen MR) is 82.9 cm³/mol. The van der Waals surface area contributed by atoms with Gasteiger partial charge in [-0.1, -0.05) is 13.8 Å². The summed E-state index contributed by atoms with van der Waals surface area (Å²) in [4.78, 5) is 16.6. The first-order valence-electron chi connectivity index (χ1n) is 7.56. The molecule has 1 aliphatic heterocycles. The molecule has 6 heteroatoms. The lowest BCUT2D eigenvalue weighted by atomic mass is 10.0. The van der Waals surface area contributed by atoms with Crippen molar-refractivity contribution in [1.29, 1.82) is 0 Å². The molecule has 6 nitrogen and oxygen atoms in total. The first-order valence-corrected chi connectivity index (χ1v) is 7.56. The van der Waals surface area contributed by atoms with Gasteiger partial charge in [-0.05, 0) is 24.1 Å². The Hall–Kier alpha value is -2.37. The van der Waals surface area contributed by atoms with Crippen molar-refractivity contribution in [2.24, 2.45) is 0 Å². The van der Waals surface area contributed by atoms with E-state index in [4.69, 9.17) is 4.42 Å². The normalized spacial score (nSPS) is 15.4. The average Bonchev–Trinajstić information content (AvgIpc) is 3.05. The van der Waals surface area contributed by atoms with Crippen LogP contribution in [0.4, 0.5) is 5.82 Å². The van der Waals surface area contributed by atoms with Crippen molar-refractivity contribution in [1.82, 2.24) is 15.1 Å². The number of piperazine rings is 1. The summed E-state index contributed by atoms with van der Waals surface area (Å²) in [5.74, 6) is 1.59. The molecule has 3 rings (SSSR count). The Morgan fingerprint density at radius 1 is 1.23 bits per heavy atom. The van der Waals surface area contributed by atoms with Crippen LogP contribution in [0, 0.1) is 0 Å². The van der Waals surface area contributed by atoms with Crippen molar-refractivity contribution in [3.05, 3.63) is 42.0 Å². The van der Waals surface area contributed by atoms with E-state index < -0.39 is 0 Å². The molecule has 2 aromatic rings. The number of amides is 1. The lowest BCUT2D eigenvalue weighted by Crippen LogP contribution is -2.49. The molecular weight excluding hydrogens is 280 g/mol. The second-order valence-corrected chi connectivity index (χ2v) is 5.72. The number of aromatic nitrogens is 2. The van der Waals surface area contributed by atoms with Gasteiger partial charge in [-0.15, -0.1) is 5.10 Å². The molecule has 0 N–H and O–H groups in total. The van der Waals surface area contributed by atoms with E-state index in [2.05, 4.69) is 28.9 Å². The fourth-order valence-corrected chi connectivity index (χ4v) is 2.69. The number of carbonyl (C=O) groups excluding carboxylic acids is 1. The SMILES string of the molecule is CC(C)c1ccoc1C(=O)N1CCN(c2cccnn2)CC1. The van der Waals surface area contributed by atoms with Gasteiger partial charge in [0.05, 0.1) is 6.26 Å². The number of nitrogens with zero attached hydrogens (tertiary/aromatic N) is 4. The van der Waals surface area contributed by atoms with E-state index in [0.29, 0.717) is 18.8 Å². The lowest BCUT2D eigenvalue weighted by Gasteiger charge is -2.34. The fraction of sp³-hybridized carbons (Fsp3) is 0.438. The molecule has 1 fully saturated rings. The molecule has 0 aliphatic carbocycles. The molecule has 116 valence electrons. The van der Waals surface area contributed by atoms with Crippen LogP contribution >= 0.6 is 0 Å². The summed E-state index contributed by atoms with van der Waals surface area (Å²) in [6.45, 7) is 6.95. The van der Waals surface area contributed by atoms with Gasteiger partial charge in [0.25, 0.3) is 5.91 Å². The van der Waals surface area contributed by atoms with Gasteiger partial charge in [0.2, 0.25) is 0 Å². The minimum Gasteiger partial charge on any atom is -0.459 e. The van der Waals surface area contributed by atoms with E-state index in [1.54, 1.807) is 12.5 Å². The fourth-order valence-electron chi connectivity index (χ4n) is 2.69. The maximum absolute atomic E-state index is 12.6. The summed E-state index contributed by atoms with van der Waals surface area (Å²) in [7, 11) is 0. The quantitative estimate of drug-likeness (QED) is 0.869. The standard InChI is InChI=1S/C16H20N4O2/c1-12(2)13-5-11-22-15(13)16(21)20-9-7-19(8-10-20)14-4-3-6-17-18-14/h3-6,11-12H,7-10H2,1-2H3. The van der Waals surface area contributed by atoms with E-state index in [-0.39, 0.29) is 11.8 Å².